The highest BCUT2D eigenvalue weighted by atomic mass is 16.5. The van der Waals surface area contributed by atoms with E-state index in [1.807, 2.05) is 11.0 Å². The third-order valence-electron chi connectivity index (χ3n) is 4.62. The summed E-state index contributed by atoms with van der Waals surface area (Å²) in [5, 5.41) is 9.31. The van der Waals surface area contributed by atoms with Crippen LogP contribution in [0.3, 0.4) is 0 Å². The lowest BCUT2D eigenvalue weighted by Gasteiger charge is -2.41. The van der Waals surface area contributed by atoms with Crippen molar-refractivity contribution in [3.63, 3.8) is 0 Å². The van der Waals surface area contributed by atoms with E-state index in [0.717, 1.165) is 25.0 Å². The van der Waals surface area contributed by atoms with Crippen LogP contribution in [-0.2, 0) is 16.0 Å². The third kappa shape index (κ3) is 2.95. The van der Waals surface area contributed by atoms with Crippen LogP contribution in [0.1, 0.15) is 31.4 Å². The summed E-state index contributed by atoms with van der Waals surface area (Å²) in [7, 11) is 0. The Balaban J connectivity index is 1.55. The standard InChI is InChI=1S/C16H20N4O2/c17-11-16(5-1-6-16)15(21)20-8-9-22-14(10-20)3-2-13-4-7-18-12-19-13/h4,7,12,14H,1-3,5-6,8-10H2. The quantitative estimate of drug-likeness (QED) is 0.838. The van der Waals surface area contributed by atoms with Crippen LogP contribution in [0.4, 0.5) is 0 Å². The van der Waals surface area contributed by atoms with Crippen molar-refractivity contribution in [1.82, 2.24) is 14.9 Å². The molecule has 116 valence electrons. The number of carbonyl (C=O) groups excluding carboxylic acids is 1. The average molecular weight is 300 g/mol. The molecule has 1 aromatic heterocycles. The monoisotopic (exact) mass is 300 g/mol. The van der Waals surface area contributed by atoms with Crippen LogP contribution in [0.2, 0.25) is 0 Å². The number of hydrogen-bond donors (Lipinski definition) is 0. The second kappa shape index (κ2) is 6.41. The zero-order valence-electron chi connectivity index (χ0n) is 12.6. The molecular weight excluding hydrogens is 280 g/mol. The molecule has 6 heteroatoms. The first-order valence-electron chi connectivity index (χ1n) is 7.81. The molecule has 2 fully saturated rings. The SMILES string of the molecule is N#CC1(C(=O)N2CCOC(CCc3ccncn3)C2)CCC1. The molecule has 0 aromatic carbocycles. The number of aromatic nitrogens is 2. The maximum absolute atomic E-state index is 12.6. The van der Waals surface area contributed by atoms with Crippen molar-refractivity contribution in [3.05, 3.63) is 24.3 Å². The number of aryl methyl sites for hydroxylation is 1. The Morgan fingerprint density at radius 2 is 2.41 bits per heavy atom. The third-order valence-corrected chi connectivity index (χ3v) is 4.62. The summed E-state index contributed by atoms with van der Waals surface area (Å²) in [6, 6.07) is 4.13. The number of carbonyl (C=O) groups is 1. The van der Waals surface area contributed by atoms with E-state index in [4.69, 9.17) is 4.74 Å². The molecule has 0 N–H and O–H groups in total. The van der Waals surface area contributed by atoms with Gasteiger partial charge in [0.1, 0.15) is 11.7 Å². The van der Waals surface area contributed by atoms with Crippen LogP contribution < -0.4 is 0 Å². The van der Waals surface area contributed by atoms with Gasteiger partial charge in [-0.2, -0.15) is 5.26 Å². The minimum absolute atomic E-state index is 0.00316. The van der Waals surface area contributed by atoms with E-state index in [0.29, 0.717) is 32.5 Å². The van der Waals surface area contributed by atoms with Gasteiger partial charge in [-0.1, -0.05) is 0 Å². The second-order valence-corrected chi connectivity index (χ2v) is 6.03. The molecule has 0 radical (unpaired) electrons. The number of amides is 1. The molecule has 2 aliphatic rings. The molecule has 0 bridgehead atoms. The first-order chi connectivity index (χ1) is 10.7. The first kappa shape index (κ1) is 14.9. The van der Waals surface area contributed by atoms with Gasteiger partial charge in [0.25, 0.3) is 0 Å². The predicted molar refractivity (Wildman–Crippen MR) is 78.6 cm³/mol. The van der Waals surface area contributed by atoms with E-state index < -0.39 is 5.41 Å². The van der Waals surface area contributed by atoms with E-state index in [1.54, 1.807) is 12.5 Å². The Morgan fingerprint density at radius 3 is 3.05 bits per heavy atom. The topological polar surface area (TPSA) is 79.1 Å². The molecule has 1 aliphatic heterocycles. The van der Waals surface area contributed by atoms with Gasteiger partial charge in [0.05, 0.1) is 18.8 Å². The van der Waals surface area contributed by atoms with Crippen molar-refractivity contribution in [1.29, 1.82) is 5.26 Å². The van der Waals surface area contributed by atoms with Crippen molar-refractivity contribution in [2.45, 2.75) is 38.2 Å². The Bertz CT molecular complexity index is 565. The van der Waals surface area contributed by atoms with Crippen LogP contribution >= 0.6 is 0 Å². The van der Waals surface area contributed by atoms with Gasteiger partial charge in [-0.3, -0.25) is 4.79 Å². The fourth-order valence-corrected chi connectivity index (χ4v) is 3.06. The smallest absolute Gasteiger partial charge is 0.243 e. The van der Waals surface area contributed by atoms with Gasteiger partial charge in [-0.05, 0) is 38.2 Å². The van der Waals surface area contributed by atoms with Gasteiger partial charge in [-0.25, -0.2) is 9.97 Å². The van der Waals surface area contributed by atoms with E-state index in [1.165, 1.54) is 0 Å². The fourth-order valence-electron chi connectivity index (χ4n) is 3.06. The van der Waals surface area contributed by atoms with E-state index in [-0.39, 0.29) is 12.0 Å². The molecule has 3 rings (SSSR count). The molecule has 2 heterocycles. The van der Waals surface area contributed by atoms with Crippen LogP contribution in [-0.4, -0.2) is 46.6 Å². The van der Waals surface area contributed by atoms with Gasteiger partial charge in [0.2, 0.25) is 5.91 Å². The van der Waals surface area contributed by atoms with Crippen LogP contribution in [0.25, 0.3) is 0 Å². The first-order valence-corrected chi connectivity index (χ1v) is 7.81. The van der Waals surface area contributed by atoms with Crippen molar-refractivity contribution < 1.29 is 9.53 Å². The summed E-state index contributed by atoms with van der Waals surface area (Å²) in [6.45, 7) is 1.71. The minimum Gasteiger partial charge on any atom is -0.375 e. The zero-order valence-corrected chi connectivity index (χ0v) is 12.6. The maximum Gasteiger partial charge on any atom is 0.243 e. The van der Waals surface area contributed by atoms with Gasteiger partial charge < -0.3 is 9.64 Å². The molecule has 1 atom stereocenters. The fraction of sp³-hybridized carbons (Fsp3) is 0.625. The number of morpholine rings is 1. The summed E-state index contributed by atoms with van der Waals surface area (Å²) in [5.41, 5.74) is 0.226. The molecule has 1 amide bonds. The molecule has 6 nitrogen and oxygen atoms in total. The lowest BCUT2D eigenvalue weighted by Crippen LogP contribution is -2.53. The molecule has 22 heavy (non-hydrogen) atoms. The predicted octanol–water partition coefficient (Wildman–Crippen LogP) is 1.33. The minimum atomic E-state index is -0.755. The normalized spacial score (nSPS) is 23.4. The highest BCUT2D eigenvalue weighted by Gasteiger charge is 2.47. The van der Waals surface area contributed by atoms with Crippen LogP contribution in [0.15, 0.2) is 18.6 Å². The van der Waals surface area contributed by atoms with Crippen molar-refractivity contribution in [3.8, 4) is 6.07 Å². The summed E-state index contributed by atoms with van der Waals surface area (Å²) in [5.74, 6) is -0.00316. The number of nitrogens with zero attached hydrogens (tertiary/aromatic N) is 4. The largest absolute Gasteiger partial charge is 0.375 e. The Morgan fingerprint density at radius 1 is 1.55 bits per heavy atom. The molecular formula is C16H20N4O2. The van der Waals surface area contributed by atoms with Crippen molar-refractivity contribution in [2.24, 2.45) is 5.41 Å². The van der Waals surface area contributed by atoms with Crippen LogP contribution in [0, 0.1) is 16.7 Å². The van der Waals surface area contributed by atoms with Gasteiger partial charge in [-0.15, -0.1) is 0 Å². The summed E-state index contributed by atoms with van der Waals surface area (Å²) in [4.78, 5) is 22.5. The summed E-state index contributed by atoms with van der Waals surface area (Å²) >= 11 is 0. The van der Waals surface area contributed by atoms with Gasteiger partial charge in [0, 0.05) is 25.0 Å². The lowest BCUT2D eigenvalue weighted by atomic mass is 9.69. The molecule has 1 aromatic rings. The number of hydrogen-bond acceptors (Lipinski definition) is 5. The number of nitriles is 1. The van der Waals surface area contributed by atoms with Crippen molar-refractivity contribution in [2.75, 3.05) is 19.7 Å². The van der Waals surface area contributed by atoms with E-state index in [9.17, 15) is 10.1 Å². The Labute approximate surface area is 130 Å². The van der Waals surface area contributed by atoms with Crippen LogP contribution in [0.5, 0.6) is 0 Å². The maximum atomic E-state index is 12.6. The molecule has 1 saturated carbocycles. The molecule has 0 spiro atoms. The average Bonchev–Trinajstić information content (AvgIpc) is 2.54. The lowest BCUT2D eigenvalue weighted by molar-refractivity contribution is -0.150. The Hall–Kier alpha value is -2.00. The molecule has 1 unspecified atom stereocenters. The molecule has 1 saturated heterocycles. The highest BCUT2D eigenvalue weighted by Crippen LogP contribution is 2.42. The Kier molecular flexibility index (Phi) is 4.34. The highest BCUT2D eigenvalue weighted by molar-refractivity contribution is 5.86. The van der Waals surface area contributed by atoms with E-state index in [2.05, 4.69) is 16.0 Å². The summed E-state index contributed by atoms with van der Waals surface area (Å²) in [6.07, 6.45) is 7.28. The zero-order chi connectivity index (χ0) is 15.4. The summed E-state index contributed by atoms with van der Waals surface area (Å²) < 4.78 is 5.76. The van der Waals surface area contributed by atoms with Gasteiger partial charge in [0.15, 0.2) is 0 Å². The molecule has 1 aliphatic carbocycles. The van der Waals surface area contributed by atoms with E-state index >= 15 is 0 Å². The second-order valence-electron chi connectivity index (χ2n) is 6.03. The number of rotatable bonds is 4. The van der Waals surface area contributed by atoms with Gasteiger partial charge >= 0.3 is 0 Å². The number of ether oxygens (including phenoxy) is 1. The van der Waals surface area contributed by atoms with Crippen molar-refractivity contribution >= 4 is 5.91 Å².